The van der Waals surface area contributed by atoms with Crippen molar-refractivity contribution >= 4 is 5.71 Å². The van der Waals surface area contributed by atoms with Crippen molar-refractivity contribution in [3.63, 3.8) is 0 Å². The lowest BCUT2D eigenvalue weighted by Gasteiger charge is -2.58. The second-order valence-corrected chi connectivity index (χ2v) is 12.1. The van der Waals surface area contributed by atoms with Gasteiger partial charge in [0.05, 0.1) is 5.71 Å². The maximum atomic E-state index is 9.27. The molecule has 0 spiro atoms. The van der Waals surface area contributed by atoms with E-state index in [0.717, 1.165) is 47.6 Å². The molecule has 2 nitrogen and oxygen atoms in total. The molecule has 0 bridgehead atoms. The van der Waals surface area contributed by atoms with Crippen LogP contribution < -0.4 is 0 Å². The van der Waals surface area contributed by atoms with Crippen LogP contribution in [0, 0.1) is 46.3 Å². The van der Waals surface area contributed by atoms with Gasteiger partial charge in [-0.1, -0.05) is 64.6 Å². The molecular formula is C27H45NO. The summed E-state index contributed by atoms with van der Waals surface area (Å²) in [7, 11) is 0. The number of hydrogen-bond acceptors (Lipinski definition) is 2. The summed E-state index contributed by atoms with van der Waals surface area (Å²) in [6.07, 6.45) is 17.1. The maximum absolute atomic E-state index is 9.27. The summed E-state index contributed by atoms with van der Waals surface area (Å²) in [6.45, 7) is 12.5. The lowest BCUT2D eigenvalue weighted by Crippen LogP contribution is -2.51. The number of oxime groups is 1. The van der Waals surface area contributed by atoms with Gasteiger partial charge in [-0.25, -0.2) is 0 Å². The van der Waals surface area contributed by atoms with Crippen LogP contribution in [0.2, 0.25) is 0 Å². The van der Waals surface area contributed by atoms with Gasteiger partial charge in [-0.2, -0.15) is 0 Å². The van der Waals surface area contributed by atoms with E-state index in [1.165, 1.54) is 64.2 Å². The molecule has 164 valence electrons. The average Bonchev–Trinajstić information content (AvgIpc) is 3.04. The van der Waals surface area contributed by atoms with Crippen LogP contribution in [0.1, 0.15) is 105 Å². The summed E-state index contributed by atoms with van der Waals surface area (Å²) in [6, 6.07) is 0. The molecule has 0 amide bonds. The van der Waals surface area contributed by atoms with Crippen molar-refractivity contribution in [1.29, 1.82) is 0 Å². The Morgan fingerprint density at radius 3 is 2.52 bits per heavy atom. The Hall–Kier alpha value is -0.790. The molecule has 3 fully saturated rings. The summed E-state index contributed by atoms with van der Waals surface area (Å²) < 4.78 is 0. The van der Waals surface area contributed by atoms with Crippen LogP contribution in [0.5, 0.6) is 0 Å². The zero-order valence-corrected chi connectivity index (χ0v) is 19.7. The van der Waals surface area contributed by atoms with Crippen LogP contribution in [-0.2, 0) is 0 Å². The second kappa shape index (κ2) is 8.04. The van der Waals surface area contributed by atoms with Gasteiger partial charge in [0.15, 0.2) is 0 Å². The minimum absolute atomic E-state index is 0.361. The topological polar surface area (TPSA) is 32.6 Å². The molecule has 0 heterocycles. The molecule has 1 N–H and O–H groups in total. The summed E-state index contributed by atoms with van der Waals surface area (Å²) in [5.41, 5.74) is 3.45. The summed E-state index contributed by atoms with van der Waals surface area (Å²) in [4.78, 5) is 0. The third-order valence-electron chi connectivity index (χ3n) is 10.3. The molecule has 0 saturated heterocycles. The van der Waals surface area contributed by atoms with E-state index in [-0.39, 0.29) is 0 Å². The monoisotopic (exact) mass is 399 g/mol. The SMILES string of the molecule is CC(C)CCC[C@H](C)[C@@H]1CC[C@@H]2[C@H]3CCC4=C/C(=N\O)CC[C@@]4(C)[C@@H]3CC[C@]21C. The molecule has 0 aromatic carbocycles. The molecule has 7 atom stereocenters. The Kier molecular flexibility index (Phi) is 5.95. The fourth-order valence-corrected chi connectivity index (χ4v) is 8.67. The molecule has 4 rings (SSSR count). The van der Waals surface area contributed by atoms with Gasteiger partial charge in [-0.15, -0.1) is 0 Å². The average molecular weight is 400 g/mol. The van der Waals surface area contributed by atoms with Crippen molar-refractivity contribution in [1.82, 2.24) is 0 Å². The van der Waals surface area contributed by atoms with Gasteiger partial charge in [-0.05, 0) is 104 Å². The molecule has 0 aromatic rings. The standard InChI is InChI=1S/C27H45NO/c1-18(2)7-6-8-19(3)23-11-12-24-22-10-9-20-17-21(28-29)13-15-26(20,4)25(22)14-16-27(23,24)5/h17-19,22-25,29H,6-16H2,1-5H3/b28-21-/t19-,22+,23-,24+,25+,26+,27-/m0/s1. The highest BCUT2D eigenvalue weighted by Gasteiger charge is 2.59. The van der Waals surface area contributed by atoms with E-state index in [2.05, 4.69) is 45.9 Å². The van der Waals surface area contributed by atoms with Gasteiger partial charge in [0.25, 0.3) is 0 Å². The number of rotatable bonds is 5. The zero-order valence-electron chi connectivity index (χ0n) is 19.7. The highest BCUT2D eigenvalue weighted by atomic mass is 16.4. The minimum atomic E-state index is 0.361. The van der Waals surface area contributed by atoms with E-state index in [1.54, 1.807) is 5.57 Å². The smallest absolute Gasteiger partial charge is 0.0795 e. The molecule has 3 saturated carbocycles. The highest BCUT2D eigenvalue weighted by molar-refractivity contribution is 5.96. The van der Waals surface area contributed by atoms with Crippen LogP contribution in [0.3, 0.4) is 0 Å². The molecule has 0 aromatic heterocycles. The molecule has 0 unspecified atom stereocenters. The van der Waals surface area contributed by atoms with Gasteiger partial charge < -0.3 is 5.21 Å². The first-order valence-corrected chi connectivity index (χ1v) is 12.7. The Balaban J connectivity index is 1.49. The van der Waals surface area contributed by atoms with E-state index in [0.29, 0.717) is 10.8 Å². The van der Waals surface area contributed by atoms with Crippen molar-refractivity contribution in [2.24, 2.45) is 51.5 Å². The van der Waals surface area contributed by atoms with E-state index in [9.17, 15) is 5.21 Å². The van der Waals surface area contributed by atoms with Crippen LogP contribution in [0.25, 0.3) is 0 Å². The van der Waals surface area contributed by atoms with Crippen LogP contribution >= 0.6 is 0 Å². The van der Waals surface area contributed by atoms with E-state index >= 15 is 0 Å². The number of allylic oxidation sites excluding steroid dienone is 2. The molecule has 0 aliphatic heterocycles. The van der Waals surface area contributed by atoms with Crippen molar-refractivity contribution in [2.75, 3.05) is 0 Å². The largest absolute Gasteiger partial charge is 0.411 e. The van der Waals surface area contributed by atoms with Crippen LogP contribution in [0.4, 0.5) is 0 Å². The van der Waals surface area contributed by atoms with E-state index in [1.807, 2.05) is 0 Å². The molecular weight excluding hydrogens is 354 g/mol. The Bertz CT molecular complexity index is 663. The minimum Gasteiger partial charge on any atom is -0.411 e. The highest BCUT2D eigenvalue weighted by Crippen LogP contribution is 2.67. The molecule has 4 aliphatic carbocycles. The molecule has 2 heteroatoms. The predicted octanol–water partition coefficient (Wildman–Crippen LogP) is 7.86. The predicted molar refractivity (Wildman–Crippen MR) is 122 cm³/mol. The first kappa shape index (κ1) is 21.4. The fourth-order valence-electron chi connectivity index (χ4n) is 8.67. The first-order valence-electron chi connectivity index (χ1n) is 12.7. The lowest BCUT2D eigenvalue weighted by molar-refractivity contribution is -0.0574. The molecule has 0 radical (unpaired) electrons. The molecule has 4 aliphatic rings. The second-order valence-electron chi connectivity index (χ2n) is 12.1. The number of nitrogens with zero attached hydrogens (tertiary/aromatic N) is 1. The van der Waals surface area contributed by atoms with Gasteiger partial charge in [0.1, 0.15) is 0 Å². The maximum Gasteiger partial charge on any atom is 0.0795 e. The first-order chi connectivity index (χ1) is 13.8. The van der Waals surface area contributed by atoms with Crippen molar-refractivity contribution in [3.05, 3.63) is 11.6 Å². The Labute approximate surface area is 179 Å². The Morgan fingerprint density at radius 2 is 1.79 bits per heavy atom. The quantitative estimate of drug-likeness (QED) is 0.370. The third kappa shape index (κ3) is 3.61. The fraction of sp³-hybridized carbons (Fsp3) is 0.889. The van der Waals surface area contributed by atoms with Crippen LogP contribution in [-0.4, -0.2) is 10.9 Å². The van der Waals surface area contributed by atoms with Gasteiger partial charge >= 0.3 is 0 Å². The normalized spacial score (nSPS) is 44.2. The number of hydrogen-bond donors (Lipinski definition) is 1. The van der Waals surface area contributed by atoms with Crippen molar-refractivity contribution in [2.45, 2.75) is 105 Å². The Morgan fingerprint density at radius 1 is 1.00 bits per heavy atom. The van der Waals surface area contributed by atoms with E-state index in [4.69, 9.17) is 0 Å². The number of fused-ring (bicyclic) bond motifs is 5. The summed E-state index contributed by atoms with van der Waals surface area (Å²) in [5, 5.41) is 12.8. The van der Waals surface area contributed by atoms with Crippen LogP contribution in [0.15, 0.2) is 16.8 Å². The van der Waals surface area contributed by atoms with Gasteiger partial charge in [0.2, 0.25) is 0 Å². The lowest BCUT2D eigenvalue weighted by atomic mass is 9.46. The zero-order chi connectivity index (χ0) is 20.8. The summed E-state index contributed by atoms with van der Waals surface area (Å²) >= 11 is 0. The van der Waals surface area contributed by atoms with Crippen molar-refractivity contribution in [3.8, 4) is 0 Å². The third-order valence-corrected chi connectivity index (χ3v) is 10.3. The van der Waals surface area contributed by atoms with Gasteiger partial charge in [-0.3, -0.25) is 0 Å². The molecule has 29 heavy (non-hydrogen) atoms. The van der Waals surface area contributed by atoms with E-state index < -0.39 is 0 Å². The summed E-state index contributed by atoms with van der Waals surface area (Å²) in [5.74, 6) is 5.43. The van der Waals surface area contributed by atoms with Crippen molar-refractivity contribution < 1.29 is 5.21 Å². The van der Waals surface area contributed by atoms with Gasteiger partial charge in [0, 0.05) is 0 Å².